The highest BCUT2D eigenvalue weighted by Gasteiger charge is 2.06. The van der Waals surface area contributed by atoms with Gasteiger partial charge in [0.1, 0.15) is 11.3 Å². The van der Waals surface area contributed by atoms with E-state index in [1.807, 2.05) is 0 Å². The lowest BCUT2D eigenvalue weighted by Crippen LogP contribution is -1.92. The molecule has 13 heavy (non-hydrogen) atoms. The summed E-state index contributed by atoms with van der Waals surface area (Å²) in [6.07, 6.45) is 1.35. The van der Waals surface area contributed by atoms with Gasteiger partial charge < -0.3 is 5.73 Å². The summed E-state index contributed by atoms with van der Waals surface area (Å²) >= 11 is 5.73. The number of pyridine rings is 1. The van der Waals surface area contributed by atoms with Crippen molar-refractivity contribution < 1.29 is 4.39 Å². The summed E-state index contributed by atoms with van der Waals surface area (Å²) in [5.74, 6) is -0.388. The molecule has 2 aromatic rings. The zero-order chi connectivity index (χ0) is 9.42. The third kappa shape index (κ3) is 1.21. The second-order valence-electron chi connectivity index (χ2n) is 2.66. The average Bonchev–Trinajstić information content (AvgIpc) is 2.12. The normalized spacial score (nSPS) is 10.6. The van der Waals surface area contributed by atoms with Crippen LogP contribution in [0.5, 0.6) is 0 Å². The standard InChI is InChI=1S/C9H6ClFN2/c10-6-4-13-9-5(8(6)12)2-1-3-7(9)11/h1-4H,(H2,12,13). The van der Waals surface area contributed by atoms with Crippen LogP contribution in [0.25, 0.3) is 10.9 Å². The number of halogens is 2. The summed E-state index contributed by atoms with van der Waals surface area (Å²) in [5, 5.41) is 0.894. The lowest BCUT2D eigenvalue weighted by Gasteiger charge is -2.02. The van der Waals surface area contributed by atoms with Gasteiger partial charge in [-0.1, -0.05) is 23.7 Å². The molecule has 1 aromatic heterocycles. The van der Waals surface area contributed by atoms with Crippen molar-refractivity contribution in [2.45, 2.75) is 0 Å². The number of benzene rings is 1. The summed E-state index contributed by atoms with van der Waals surface area (Å²) in [5.41, 5.74) is 6.27. The van der Waals surface area contributed by atoms with Crippen LogP contribution in [0.15, 0.2) is 24.4 Å². The maximum absolute atomic E-state index is 13.1. The van der Waals surface area contributed by atoms with Crippen LogP contribution in [0, 0.1) is 5.82 Å². The summed E-state index contributed by atoms with van der Waals surface area (Å²) in [6.45, 7) is 0. The van der Waals surface area contributed by atoms with E-state index in [0.717, 1.165) is 0 Å². The van der Waals surface area contributed by atoms with E-state index in [-0.39, 0.29) is 11.3 Å². The Labute approximate surface area is 79.1 Å². The van der Waals surface area contributed by atoms with E-state index in [4.69, 9.17) is 17.3 Å². The van der Waals surface area contributed by atoms with Gasteiger partial charge in [-0.2, -0.15) is 0 Å². The molecule has 0 amide bonds. The Kier molecular flexibility index (Phi) is 1.81. The van der Waals surface area contributed by atoms with Crippen molar-refractivity contribution in [3.63, 3.8) is 0 Å². The monoisotopic (exact) mass is 196 g/mol. The van der Waals surface area contributed by atoms with E-state index < -0.39 is 0 Å². The lowest BCUT2D eigenvalue weighted by molar-refractivity contribution is 0.637. The Hall–Kier alpha value is -1.35. The zero-order valence-electron chi connectivity index (χ0n) is 6.59. The van der Waals surface area contributed by atoms with Gasteiger partial charge in [0.25, 0.3) is 0 Å². The number of nitrogen functional groups attached to an aromatic ring is 1. The van der Waals surface area contributed by atoms with Crippen LogP contribution in [0.2, 0.25) is 5.02 Å². The highest BCUT2D eigenvalue weighted by Crippen LogP contribution is 2.27. The Morgan fingerprint density at radius 3 is 2.92 bits per heavy atom. The van der Waals surface area contributed by atoms with E-state index in [1.165, 1.54) is 12.3 Å². The van der Waals surface area contributed by atoms with Crippen molar-refractivity contribution in [2.75, 3.05) is 5.73 Å². The molecule has 1 heterocycles. The largest absolute Gasteiger partial charge is 0.397 e. The average molecular weight is 197 g/mol. The van der Waals surface area contributed by atoms with Crippen molar-refractivity contribution in [2.24, 2.45) is 0 Å². The number of rotatable bonds is 0. The number of nitrogens with zero attached hydrogens (tertiary/aromatic N) is 1. The molecule has 4 heteroatoms. The predicted molar refractivity (Wildman–Crippen MR) is 51.1 cm³/mol. The molecule has 0 aliphatic rings. The first-order chi connectivity index (χ1) is 6.20. The van der Waals surface area contributed by atoms with Gasteiger partial charge in [0.15, 0.2) is 0 Å². The number of para-hydroxylation sites is 1. The van der Waals surface area contributed by atoms with Crippen LogP contribution in [-0.2, 0) is 0 Å². The summed E-state index contributed by atoms with van der Waals surface area (Å²) in [6, 6.07) is 4.60. The first-order valence-electron chi connectivity index (χ1n) is 3.68. The molecular weight excluding hydrogens is 191 g/mol. The van der Waals surface area contributed by atoms with Crippen molar-refractivity contribution in [1.29, 1.82) is 0 Å². The highest BCUT2D eigenvalue weighted by atomic mass is 35.5. The molecule has 0 bridgehead atoms. The smallest absolute Gasteiger partial charge is 0.149 e. The Bertz CT molecular complexity index is 470. The minimum Gasteiger partial charge on any atom is -0.397 e. The molecule has 0 aliphatic carbocycles. The van der Waals surface area contributed by atoms with E-state index in [1.54, 1.807) is 12.1 Å². The molecule has 2 rings (SSSR count). The zero-order valence-corrected chi connectivity index (χ0v) is 7.35. The fraction of sp³-hybridized carbons (Fsp3) is 0. The molecule has 2 nitrogen and oxygen atoms in total. The molecule has 0 fully saturated rings. The Balaban J connectivity index is 2.94. The van der Waals surface area contributed by atoms with Gasteiger partial charge >= 0.3 is 0 Å². The van der Waals surface area contributed by atoms with Crippen LogP contribution in [-0.4, -0.2) is 4.98 Å². The molecule has 1 aromatic carbocycles. The van der Waals surface area contributed by atoms with Crippen LogP contribution >= 0.6 is 11.6 Å². The first kappa shape index (κ1) is 8.26. The number of fused-ring (bicyclic) bond motifs is 1. The maximum Gasteiger partial charge on any atom is 0.149 e. The van der Waals surface area contributed by atoms with Crippen LogP contribution in [0.4, 0.5) is 10.1 Å². The third-order valence-electron chi connectivity index (χ3n) is 1.84. The molecule has 0 unspecified atom stereocenters. The third-order valence-corrected chi connectivity index (χ3v) is 2.14. The summed E-state index contributed by atoms with van der Waals surface area (Å²) in [7, 11) is 0. The second kappa shape index (κ2) is 2.85. The SMILES string of the molecule is Nc1c(Cl)cnc2c(F)cccc12. The van der Waals surface area contributed by atoms with Crippen molar-refractivity contribution in [3.05, 3.63) is 35.2 Å². The van der Waals surface area contributed by atoms with Gasteiger partial charge in [0.05, 0.1) is 10.7 Å². The molecule has 0 spiro atoms. The molecule has 0 atom stereocenters. The Morgan fingerprint density at radius 2 is 2.15 bits per heavy atom. The van der Waals surface area contributed by atoms with Crippen LogP contribution < -0.4 is 5.73 Å². The van der Waals surface area contributed by atoms with Gasteiger partial charge in [0, 0.05) is 11.6 Å². The fourth-order valence-corrected chi connectivity index (χ4v) is 1.33. The van der Waals surface area contributed by atoms with E-state index in [2.05, 4.69) is 4.98 Å². The quantitative estimate of drug-likeness (QED) is 0.704. The number of nitrogens with two attached hydrogens (primary N) is 1. The highest BCUT2D eigenvalue weighted by molar-refractivity contribution is 6.34. The van der Waals surface area contributed by atoms with Crippen molar-refractivity contribution in [1.82, 2.24) is 4.98 Å². The number of aromatic nitrogens is 1. The Morgan fingerprint density at radius 1 is 1.38 bits per heavy atom. The van der Waals surface area contributed by atoms with Gasteiger partial charge in [-0.25, -0.2) is 4.39 Å². The number of anilines is 1. The van der Waals surface area contributed by atoms with Crippen molar-refractivity contribution in [3.8, 4) is 0 Å². The van der Waals surface area contributed by atoms with E-state index in [9.17, 15) is 4.39 Å². The van der Waals surface area contributed by atoms with Crippen molar-refractivity contribution >= 4 is 28.2 Å². The molecule has 0 radical (unpaired) electrons. The molecule has 0 aliphatic heterocycles. The van der Waals surface area contributed by atoms with E-state index >= 15 is 0 Å². The summed E-state index contributed by atoms with van der Waals surface area (Å²) < 4.78 is 13.1. The van der Waals surface area contributed by atoms with E-state index in [0.29, 0.717) is 16.1 Å². The molecule has 0 saturated heterocycles. The van der Waals surface area contributed by atoms with Gasteiger partial charge in [0.2, 0.25) is 0 Å². The van der Waals surface area contributed by atoms with Gasteiger partial charge in [-0.3, -0.25) is 4.98 Å². The summed E-state index contributed by atoms with van der Waals surface area (Å²) in [4.78, 5) is 3.85. The molecule has 66 valence electrons. The molecule has 0 saturated carbocycles. The minimum absolute atomic E-state index is 0.254. The lowest BCUT2D eigenvalue weighted by atomic mass is 10.2. The number of hydrogen-bond donors (Lipinski definition) is 1. The van der Waals surface area contributed by atoms with Gasteiger partial charge in [-0.15, -0.1) is 0 Å². The maximum atomic E-state index is 13.1. The first-order valence-corrected chi connectivity index (χ1v) is 4.06. The van der Waals surface area contributed by atoms with Crippen LogP contribution in [0.3, 0.4) is 0 Å². The van der Waals surface area contributed by atoms with Crippen LogP contribution in [0.1, 0.15) is 0 Å². The topological polar surface area (TPSA) is 38.9 Å². The fourth-order valence-electron chi connectivity index (χ4n) is 1.18. The second-order valence-corrected chi connectivity index (χ2v) is 3.06. The molecular formula is C9H6ClFN2. The molecule has 2 N–H and O–H groups in total. The van der Waals surface area contributed by atoms with Gasteiger partial charge in [-0.05, 0) is 6.07 Å². The minimum atomic E-state index is -0.388. The predicted octanol–water partition coefficient (Wildman–Crippen LogP) is 2.61. The number of hydrogen-bond acceptors (Lipinski definition) is 2.